The highest BCUT2D eigenvalue weighted by atomic mass is 19.2. The molecule has 0 bridgehead atoms. The van der Waals surface area contributed by atoms with E-state index in [1.165, 1.54) is 0 Å². The van der Waals surface area contributed by atoms with E-state index < -0.39 is 40.2 Å². The molecule has 0 aliphatic heterocycles. The van der Waals surface area contributed by atoms with Crippen LogP contribution in [0.2, 0.25) is 0 Å². The Labute approximate surface area is 162 Å². The van der Waals surface area contributed by atoms with Gasteiger partial charge in [0.25, 0.3) is 0 Å². The Bertz CT molecular complexity index is 1120. The number of aromatic nitrogens is 2. The number of hydrogen-bond donors (Lipinski definition) is 0. The van der Waals surface area contributed by atoms with E-state index in [2.05, 4.69) is 5.10 Å². The predicted molar refractivity (Wildman–Crippen MR) is 95.2 cm³/mol. The average molecular weight is 406 g/mol. The molecule has 0 atom stereocenters. The number of fused-ring (bicyclic) bond motifs is 1. The lowest BCUT2D eigenvalue weighted by Gasteiger charge is -2.29. The van der Waals surface area contributed by atoms with Gasteiger partial charge in [0, 0.05) is 12.0 Å². The van der Waals surface area contributed by atoms with Gasteiger partial charge in [-0.1, -0.05) is 44.2 Å². The molecule has 0 radical (unpaired) electrons. The number of carbonyl (C=O) groups excluding carboxylic acids is 1. The van der Waals surface area contributed by atoms with Gasteiger partial charge in [-0.05, 0) is 11.8 Å². The van der Waals surface area contributed by atoms with Gasteiger partial charge in [-0.3, -0.25) is 4.79 Å². The molecule has 3 nitrogen and oxygen atoms in total. The van der Waals surface area contributed by atoms with Crippen LogP contribution in [0, 0.1) is 34.5 Å². The first kappa shape index (κ1) is 19.3. The minimum atomic E-state index is -2.25. The topological polar surface area (TPSA) is 34.9 Å². The summed E-state index contributed by atoms with van der Waals surface area (Å²) < 4.78 is 70.8. The van der Waals surface area contributed by atoms with Crippen molar-refractivity contribution in [2.75, 3.05) is 0 Å². The zero-order valence-corrected chi connectivity index (χ0v) is 15.5. The molecule has 0 fully saturated rings. The van der Waals surface area contributed by atoms with Gasteiger partial charge < -0.3 is 0 Å². The van der Waals surface area contributed by atoms with Gasteiger partial charge in [-0.25, -0.2) is 26.6 Å². The number of halogens is 5. The third kappa shape index (κ3) is 2.94. The molecule has 0 saturated heterocycles. The molecule has 3 aromatic rings. The van der Waals surface area contributed by atoms with Gasteiger partial charge >= 0.3 is 0 Å². The van der Waals surface area contributed by atoms with Crippen molar-refractivity contribution >= 4 is 5.78 Å². The molecule has 0 unspecified atom stereocenters. The van der Waals surface area contributed by atoms with Crippen LogP contribution >= 0.6 is 0 Å². The van der Waals surface area contributed by atoms with Crippen molar-refractivity contribution in [3.63, 3.8) is 0 Å². The Hall–Kier alpha value is -3.03. The number of nitrogens with zero attached hydrogens (tertiary/aromatic N) is 2. The maximum absolute atomic E-state index is 14.5. The van der Waals surface area contributed by atoms with E-state index in [1.807, 2.05) is 0 Å². The lowest BCUT2D eigenvalue weighted by Crippen LogP contribution is -2.28. The molecule has 1 aliphatic carbocycles. The van der Waals surface area contributed by atoms with Crippen molar-refractivity contribution in [1.29, 1.82) is 0 Å². The van der Waals surface area contributed by atoms with E-state index >= 15 is 0 Å². The molecule has 1 aliphatic rings. The zero-order valence-electron chi connectivity index (χ0n) is 15.5. The zero-order chi connectivity index (χ0) is 21.1. The number of benzene rings is 2. The highest BCUT2D eigenvalue weighted by Crippen LogP contribution is 2.41. The van der Waals surface area contributed by atoms with Crippen LogP contribution in [-0.4, -0.2) is 15.6 Å². The normalized spacial score (nSPS) is 15.5. The number of Topliss-reactive ketones (excluding diaryl/α,β-unsaturated/α-hetero) is 1. The summed E-state index contributed by atoms with van der Waals surface area (Å²) in [6, 6.07) is 8.42. The van der Waals surface area contributed by atoms with Gasteiger partial charge in [0.2, 0.25) is 5.82 Å². The Kier molecular flexibility index (Phi) is 4.33. The summed E-state index contributed by atoms with van der Waals surface area (Å²) >= 11 is 0. The molecule has 8 heteroatoms. The van der Waals surface area contributed by atoms with Gasteiger partial charge in [0.1, 0.15) is 11.4 Å². The summed E-state index contributed by atoms with van der Waals surface area (Å²) in [6.07, 6.45) is 0.343. The number of ketones is 1. The van der Waals surface area contributed by atoms with E-state index in [1.54, 1.807) is 44.2 Å². The summed E-state index contributed by atoms with van der Waals surface area (Å²) in [4.78, 5) is 12.8. The summed E-state index contributed by atoms with van der Waals surface area (Å²) in [7, 11) is 0. The summed E-state index contributed by atoms with van der Waals surface area (Å²) in [5.41, 5.74) is -0.859. The Morgan fingerprint density at radius 2 is 1.41 bits per heavy atom. The second kappa shape index (κ2) is 6.50. The van der Waals surface area contributed by atoms with Gasteiger partial charge in [0.15, 0.2) is 29.1 Å². The van der Waals surface area contributed by atoms with Crippen LogP contribution in [0.15, 0.2) is 30.3 Å². The molecule has 29 heavy (non-hydrogen) atoms. The fourth-order valence-corrected chi connectivity index (χ4v) is 3.71. The number of rotatable bonds is 2. The van der Waals surface area contributed by atoms with Crippen LogP contribution in [0.3, 0.4) is 0 Å². The van der Waals surface area contributed by atoms with E-state index in [-0.39, 0.29) is 35.6 Å². The second-order valence-electron chi connectivity index (χ2n) is 7.81. The van der Waals surface area contributed by atoms with Crippen LogP contribution in [0.4, 0.5) is 22.0 Å². The highest BCUT2D eigenvalue weighted by Gasteiger charge is 2.39. The minimum Gasteiger partial charge on any atom is -0.294 e. The maximum atomic E-state index is 14.5. The number of hydrogen-bond acceptors (Lipinski definition) is 2. The van der Waals surface area contributed by atoms with Crippen LogP contribution in [-0.2, 0) is 6.42 Å². The summed E-state index contributed by atoms with van der Waals surface area (Å²) in [5, 5.41) is 4.14. The monoisotopic (exact) mass is 406 g/mol. The fraction of sp³-hybridized carbons (Fsp3) is 0.238. The largest absolute Gasteiger partial charge is 0.294 e. The van der Waals surface area contributed by atoms with Crippen LogP contribution in [0.25, 0.3) is 16.9 Å². The third-order valence-electron chi connectivity index (χ3n) is 4.99. The summed E-state index contributed by atoms with van der Waals surface area (Å²) in [5.74, 6) is -10.7. The predicted octanol–water partition coefficient (Wildman–Crippen LogP) is 5.39. The quantitative estimate of drug-likeness (QED) is 0.325. The second-order valence-corrected chi connectivity index (χ2v) is 7.81. The molecular formula is C21H15F5N2O. The Morgan fingerprint density at radius 1 is 0.862 bits per heavy atom. The van der Waals surface area contributed by atoms with E-state index in [0.29, 0.717) is 10.2 Å². The molecule has 1 aromatic heterocycles. The van der Waals surface area contributed by atoms with Crippen molar-refractivity contribution in [1.82, 2.24) is 9.78 Å². The molecule has 0 saturated carbocycles. The van der Waals surface area contributed by atoms with Crippen LogP contribution in [0.1, 0.15) is 36.3 Å². The van der Waals surface area contributed by atoms with Crippen molar-refractivity contribution in [3.8, 4) is 16.9 Å². The van der Waals surface area contributed by atoms with Crippen molar-refractivity contribution in [2.45, 2.75) is 26.7 Å². The Balaban J connectivity index is 2.08. The first-order valence-corrected chi connectivity index (χ1v) is 8.84. The smallest absolute Gasteiger partial charge is 0.200 e. The SMILES string of the molecule is CC1(C)CC(=O)c2c(-c3ccccc3)nn(-c3c(F)c(F)c(F)c(F)c3F)c2C1. The average Bonchev–Trinajstić information content (AvgIpc) is 3.04. The fourth-order valence-electron chi connectivity index (χ4n) is 3.71. The van der Waals surface area contributed by atoms with E-state index in [9.17, 15) is 26.7 Å². The highest BCUT2D eigenvalue weighted by molar-refractivity contribution is 6.04. The minimum absolute atomic E-state index is 0.119. The van der Waals surface area contributed by atoms with Gasteiger partial charge in [-0.15, -0.1) is 0 Å². The molecule has 1 heterocycles. The van der Waals surface area contributed by atoms with Crippen LogP contribution in [0.5, 0.6) is 0 Å². The maximum Gasteiger partial charge on any atom is 0.200 e. The molecule has 4 rings (SSSR count). The standard InChI is InChI=1S/C21H15F5N2O/c1-21(2)8-11-13(12(29)9-21)19(10-6-4-3-5-7-10)27-28(11)20-17(25)15(23)14(22)16(24)18(20)26/h3-7H,8-9H2,1-2H3. The van der Waals surface area contributed by atoms with Gasteiger partial charge in [-0.2, -0.15) is 5.10 Å². The van der Waals surface area contributed by atoms with Gasteiger partial charge in [0.05, 0.1) is 11.3 Å². The lowest BCUT2D eigenvalue weighted by molar-refractivity contribution is 0.0911. The van der Waals surface area contributed by atoms with Crippen molar-refractivity contribution < 1.29 is 26.7 Å². The van der Waals surface area contributed by atoms with Crippen LogP contribution < -0.4 is 0 Å². The molecule has 2 aromatic carbocycles. The van der Waals surface area contributed by atoms with E-state index in [4.69, 9.17) is 0 Å². The molecule has 0 amide bonds. The Morgan fingerprint density at radius 3 is 2.00 bits per heavy atom. The van der Waals surface area contributed by atoms with Crippen molar-refractivity contribution in [3.05, 3.63) is 70.7 Å². The first-order chi connectivity index (χ1) is 13.6. The molecular weight excluding hydrogens is 391 g/mol. The molecule has 150 valence electrons. The third-order valence-corrected chi connectivity index (χ3v) is 4.99. The molecule has 0 N–H and O–H groups in total. The van der Waals surface area contributed by atoms with E-state index in [0.717, 1.165) is 0 Å². The molecule has 0 spiro atoms. The van der Waals surface area contributed by atoms with Crippen molar-refractivity contribution in [2.24, 2.45) is 5.41 Å². The number of carbonyl (C=O) groups is 1. The lowest BCUT2D eigenvalue weighted by atomic mass is 9.75. The first-order valence-electron chi connectivity index (χ1n) is 8.84. The summed E-state index contributed by atoms with van der Waals surface area (Å²) in [6.45, 7) is 3.57.